The van der Waals surface area contributed by atoms with E-state index in [0.29, 0.717) is 10.8 Å². The van der Waals surface area contributed by atoms with Gasteiger partial charge >= 0.3 is 0 Å². The van der Waals surface area contributed by atoms with Gasteiger partial charge < -0.3 is 15.5 Å². The van der Waals surface area contributed by atoms with E-state index in [1.54, 1.807) is 18.2 Å². The van der Waals surface area contributed by atoms with Gasteiger partial charge in [-0.15, -0.1) is 0 Å². The van der Waals surface area contributed by atoms with Crippen LogP contribution in [0.15, 0.2) is 48.5 Å². The third-order valence-corrected chi connectivity index (χ3v) is 4.47. The van der Waals surface area contributed by atoms with Crippen LogP contribution in [0.3, 0.4) is 0 Å². The number of nitrogens with zero attached hydrogens (tertiary/aromatic N) is 1. The maximum atomic E-state index is 13.6. The number of benzene rings is 2. The van der Waals surface area contributed by atoms with Crippen molar-refractivity contribution < 1.29 is 4.39 Å². The molecule has 0 unspecified atom stereocenters. The number of nitrogens with one attached hydrogen (secondary N) is 2. The second-order valence-electron chi connectivity index (χ2n) is 5.93. The van der Waals surface area contributed by atoms with E-state index in [-0.39, 0.29) is 5.82 Å². The van der Waals surface area contributed by atoms with E-state index in [1.165, 1.54) is 30.2 Å². The lowest BCUT2D eigenvalue weighted by Crippen LogP contribution is -2.34. The number of anilines is 2. The van der Waals surface area contributed by atoms with Crippen molar-refractivity contribution in [3.8, 4) is 0 Å². The standard InChI is InChI=1S/C19H22FN3S/c20-16-9-2-3-10-17(16)22-19(24)21-12-6-14-23-13-5-8-15-7-1-4-11-18(15)23/h1-4,7,9-11H,5-6,8,12-14H2,(H2,21,22,24). The smallest absolute Gasteiger partial charge is 0.170 e. The molecule has 0 saturated heterocycles. The molecule has 0 fully saturated rings. The molecule has 0 saturated carbocycles. The molecule has 0 radical (unpaired) electrons. The Labute approximate surface area is 147 Å². The molecule has 2 aromatic rings. The van der Waals surface area contributed by atoms with E-state index < -0.39 is 0 Å². The van der Waals surface area contributed by atoms with Crippen LogP contribution < -0.4 is 15.5 Å². The average Bonchev–Trinajstić information content (AvgIpc) is 2.61. The predicted octanol–water partition coefficient (Wildman–Crippen LogP) is 3.96. The number of halogens is 1. The fraction of sp³-hybridized carbons (Fsp3) is 0.316. The maximum Gasteiger partial charge on any atom is 0.170 e. The number of fused-ring (bicyclic) bond motifs is 1. The first-order chi connectivity index (χ1) is 11.7. The molecule has 1 aliphatic heterocycles. The molecule has 3 rings (SSSR count). The summed E-state index contributed by atoms with van der Waals surface area (Å²) in [5.41, 5.74) is 3.20. The summed E-state index contributed by atoms with van der Waals surface area (Å²) in [6.45, 7) is 2.86. The largest absolute Gasteiger partial charge is 0.371 e. The first-order valence-corrected chi connectivity index (χ1v) is 8.77. The van der Waals surface area contributed by atoms with Crippen molar-refractivity contribution in [1.82, 2.24) is 5.32 Å². The zero-order valence-electron chi connectivity index (χ0n) is 13.6. The van der Waals surface area contributed by atoms with Gasteiger partial charge in [0.1, 0.15) is 5.82 Å². The molecule has 1 heterocycles. The second-order valence-corrected chi connectivity index (χ2v) is 6.34. The van der Waals surface area contributed by atoms with Crippen molar-refractivity contribution >= 4 is 28.7 Å². The van der Waals surface area contributed by atoms with Crippen molar-refractivity contribution in [1.29, 1.82) is 0 Å². The van der Waals surface area contributed by atoms with Crippen LogP contribution in [-0.4, -0.2) is 24.7 Å². The van der Waals surface area contributed by atoms with Gasteiger partial charge in [-0.1, -0.05) is 30.3 Å². The quantitative estimate of drug-likeness (QED) is 0.635. The predicted molar refractivity (Wildman–Crippen MR) is 102 cm³/mol. The molecule has 0 amide bonds. The summed E-state index contributed by atoms with van der Waals surface area (Å²) in [4.78, 5) is 2.44. The third-order valence-electron chi connectivity index (χ3n) is 4.22. The molecule has 5 heteroatoms. The maximum absolute atomic E-state index is 13.6. The van der Waals surface area contributed by atoms with Crippen LogP contribution in [0.1, 0.15) is 18.4 Å². The van der Waals surface area contributed by atoms with Gasteiger partial charge in [-0.25, -0.2) is 4.39 Å². The Kier molecular flexibility index (Phi) is 5.64. The van der Waals surface area contributed by atoms with Crippen LogP contribution in [0.5, 0.6) is 0 Å². The molecule has 3 nitrogen and oxygen atoms in total. The van der Waals surface area contributed by atoms with Gasteiger partial charge in [0.2, 0.25) is 0 Å². The molecule has 126 valence electrons. The lowest BCUT2D eigenvalue weighted by Gasteiger charge is -2.31. The average molecular weight is 343 g/mol. The number of para-hydroxylation sites is 2. The molecule has 1 aliphatic rings. The van der Waals surface area contributed by atoms with Crippen molar-refractivity contribution in [3.05, 3.63) is 59.9 Å². The van der Waals surface area contributed by atoms with Gasteiger partial charge in [0.25, 0.3) is 0 Å². The minimum Gasteiger partial charge on any atom is -0.371 e. The van der Waals surface area contributed by atoms with Crippen molar-refractivity contribution in [2.45, 2.75) is 19.3 Å². The van der Waals surface area contributed by atoms with Gasteiger partial charge in [0.05, 0.1) is 5.69 Å². The van der Waals surface area contributed by atoms with Gasteiger partial charge in [-0.2, -0.15) is 0 Å². The Morgan fingerprint density at radius 2 is 1.92 bits per heavy atom. The van der Waals surface area contributed by atoms with Crippen molar-refractivity contribution in [2.24, 2.45) is 0 Å². The van der Waals surface area contributed by atoms with Crippen LogP contribution in [0, 0.1) is 5.82 Å². The molecule has 2 aromatic carbocycles. The zero-order chi connectivity index (χ0) is 16.8. The Morgan fingerprint density at radius 1 is 1.12 bits per heavy atom. The monoisotopic (exact) mass is 343 g/mol. The number of hydrogen-bond donors (Lipinski definition) is 2. The van der Waals surface area contributed by atoms with Gasteiger partial charge in [0, 0.05) is 25.3 Å². The second kappa shape index (κ2) is 8.11. The summed E-state index contributed by atoms with van der Waals surface area (Å²) in [5.74, 6) is -0.299. The topological polar surface area (TPSA) is 27.3 Å². The minimum atomic E-state index is -0.299. The number of thiocarbonyl (C=S) groups is 1. The molecule has 0 aromatic heterocycles. The van der Waals surface area contributed by atoms with Gasteiger partial charge in [-0.3, -0.25) is 0 Å². The summed E-state index contributed by atoms with van der Waals surface area (Å²) >= 11 is 5.23. The molecule has 0 bridgehead atoms. The normalized spacial score (nSPS) is 13.3. The fourth-order valence-electron chi connectivity index (χ4n) is 3.04. The highest BCUT2D eigenvalue weighted by Gasteiger charge is 2.15. The SMILES string of the molecule is Fc1ccccc1NC(=S)NCCCN1CCCc2ccccc21. The molecular weight excluding hydrogens is 321 g/mol. The summed E-state index contributed by atoms with van der Waals surface area (Å²) in [7, 11) is 0. The number of hydrogen-bond acceptors (Lipinski definition) is 2. The Balaban J connectivity index is 1.43. The molecule has 2 N–H and O–H groups in total. The highest BCUT2D eigenvalue weighted by Crippen LogP contribution is 2.26. The Morgan fingerprint density at radius 3 is 2.79 bits per heavy atom. The van der Waals surface area contributed by atoms with Crippen LogP contribution >= 0.6 is 12.2 Å². The van der Waals surface area contributed by atoms with Crippen LogP contribution in [0.25, 0.3) is 0 Å². The van der Waals surface area contributed by atoms with Gasteiger partial charge in [0.15, 0.2) is 5.11 Å². The lowest BCUT2D eigenvalue weighted by molar-refractivity contribution is 0.632. The Bertz CT molecular complexity index is 705. The third kappa shape index (κ3) is 4.23. The van der Waals surface area contributed by atoms with Crippen molar-refractivity contribution in [2.75, 3.05) is 29.9 Å². The molecular formula is C19H22FN3S. The first kappa shape index (κ1) is 16.7. The minimum absolute atomic E-state index is 0.299. The van der Waals surface area contributed by atoms with Gasteiger partial charge in [-0.05, 0) is 55.2 Å². The van der Waals surface area contributed by atoms with Crippen molar-refractivity contribution in [3.63, 3.8) is 0 Å². The number of rotatable bonds is 5. The van der Waals surface area contributed by atoms with Crippen LogP contribution in [0.2, 0.25) is 0 Å². The molecule has 0 aliphatic carbocycles. The molecule has 24 heavy (non-hydrogen) atoms. The fourth-order valence-corrected chi connectivity index (χ4v) is 3.26. The highest BCUT2D eigenvalue weighted by atomic mass is 32.1. The van der Waals surface area contributed by atoms with E-state index >= 15 is 0 Å². The zero-order valence-corrected chi connectivity index (χ0v) is 14.4. The first-order valence-electron chi connectivity index (χ1n) is 8.36. The van der Waals surface area contributed by atoms with E-state index in [1.807, 2.05) is 0 Å². The lowest BCUT2D eigenvalue weighted by atomic mass is 10.0. The van der Waals surface area contributed by atoms with E-state index in [9.17, 15) is 4.39 Å². The summed E-state index contributed by atoms with van der Waals surface area (Å²) < 4.78 is 13.6. The van der Waals surface area contributed by atoms with Crippen LogP contribution in [0.4, 0.5) is 15.8 Å². The Hall–Kier alpha value is -2.14. The van der Waals surface area contributed by atoms with Crippen LogP contribution in [-0.2, 0) is 6.42 Å². The molecule has 0 spiro atoms. The summed E-state index contributed by atoms with van der Waals surface area (Å²) in [6.07, 6.45) is 3.35. The summed E-state index contributed by atoms with van der Waals surface area (Å²) in [5, 5.41) is 6.50. The van der Waals surface area contributed by atoms with E-state index in [4.69, 9.17) is 12.2 Å². The molecule has 0 atom stereocenters. The highest BCUT2D eigenvalue weighted by molar-refractivity contribution is 7.80. The summed E-state index contributed by atoms with van der Waals surface area (Å²) in [6, 6.07) is 15.2. The number of aryl methyl sites for hydroxylation is 1. The van der Waals surface area contributed by atoms with E-state index in [0.717, 1.165) is 26.1 Å². The van der Waals surface area contributed by atoms with E-state index in [2.05, 4.69) is 39.8 Å².